The van der Waals surface area contributed by atoms with Crippen LogP contribution in [0.4, 0.5) is 0 Å². The van der Waals surface area contributed by atoms with Gasteiger partial charge >= 0.3 is 0 Å². The van der Waals surface area contributed by atoms with E-state index in [-0.39, 0.29) is 5.91 Å². The minimum atomic E-state index is 0.0696. The van der Waals surface area contributed by atoms with Gasteiger partial charge in [-0.3, -0.25) is 9.63 Å². The monoisotopic (exact) mass is 172 g/mol. The number of carbonyl (C=O) groups excluding carboxylic acids is 1. The Morgan fingerprint density at radius 3 is 2.92 bits per heavy atom. The van der Waals surface area contributed by atoms with E-state index in [0.717, 1.165) is 25.8 Å². The van der Waals surface area contributed by atoms with Gasteiger partial charge in [0.1, 0.15) is 0 Å². The molecular weight excluding hydrogens is 156 g/mol. The number of nitrogens with zero attached hydrogens (tertiary/aromatic N) is 1. The maximum absolute atomic E-state index is 11.3. The van der Waals surface area contributed by atoms with Crippen molar-refractivity contribution >= 4 is 5.91 Å². The molecule has 1 aliphatic rings. The highest BCUT2D eigenvalue weighted by Crippen LogP contribution is 2.07. The molecule has 0 saturated carbocycles. The van der Waals surface area contributed by atoms with E-state index in [0.29, 0.717) is 19.6 Å². The first-order valence-corrected chi connectivity index (χ1v) is 4.48. The molecule has 0 unspecified atom stereocenters. The molecule has 0 radical (unpaired) electrons. The summed E-state index contributed by atoms with van der Waals surface area (Å²) in [6.07, 6.45) is 3.37. The van der Waals surface area contributed by atoms with Crippen LogP contribution >= 0.6 is 0 Å². The molecule has 1 amide bonds. The van der Waals surface area contributed by atoms with Crippen molar-refractivity contribution in [2.45, 2.75) is 25.7 Å². The van der Waals surface area contributed by atoms with Crippen molar-refractivity contribution < 1.29 is 9.63 Å². The molecular formula is C8H16N2O2. The van der Waals surface area contributed by atoms with Gasteiger partial charge in [0, 0.05) is 13.0 Å². The van der Waals surface area contributed by atoms with Crippen molar-refractivity contribution in [2.24, 2.45) is 5.73 Å². The molecule has 0 aromatic heterocycles. The van der Waals surface area contributed by atoms with Gasteiger partial charge in [-0.15, -0.1) is 0 Å². The Hall–Kier alpha value is -0.610. The van der Waals surface area contributed by atoms with E-state index in [1.807, 2.05) is 0 Å². The quantitative estimate of drug-likeness (QED) is 0.665. The van der Waals surface area contributed by atoms with Crippen molar-refractivity contribution in [1.82, 2.24) is 5.06 Å². The zero-order valence-electron chi connectivity index (χ0n) is 7.29. The number of nitrogens with two attached hydrogens (primary N) is 1. The smallest absolute Gasteiger partial charge is 0.246 e. The van der Waals surface area contributed by atoms with Gasteiger partial charge in [-0.05, 0) is 25.8 Å². The number of hydrogen-bond donors (Lipinski definition) is 1. The van der Waals surface area contributed by atoms with Gasteiger partial charge < -0.3 is 5.73 Å². The van der Waals surface area contributed by atoms with Gasteiger partial charge in [-0.2, -0.15) is 0 Å². The van der Waals surface area contributed by atoms with Crippen LogP contribution in [0.2, 0.25) is 0 Å². The van der Waals surface area contributed by atoms with Gasteiger partial charge in [-0.1, -0.05) is 0 Å². The van der Waals surface area contributed by atoms with Crippen LogP contribution < -0.4 is 5.73 Å². The lowest BCUT2D eigenvalue weighted by atomic mass is 10.2. The predicted molar refractivity (Wildman–Crippen MR) is 45.2 cm³/mol. The van der Waals surface area contributed by atoms with Gasteiger partial charge in [0.2, 0.25) is 5.91 Å². The molecule has 1 saturated heterocycles. The zero-order chi connectivity index (χ0) is 8.81. The summed E-state index contributed by atoms with van der Waals surface area (Å²) in [7, 11) is 0. The fourth-order valence-electron chi connectivity index (χ4n) is 1.17. The molecule has 2 N–H and O–H groups in total. The van der Waals surface area contributed by atoms with Crippen LogP contribution in [-0.4, -0.2) is 30.7 Å². The van der Waals surface area contributed by atoms with E-state index in [2.05, 4.69) is 0 Å². The largest absolute Gasteiger partial charge is 0.330 e. The summed E-state index contributed by atoms with van der Waals surface area (Å²) in [6, 6.07) is 0. The maximum Gasteiger partial charge on any atom is 0.246 e. The molecule has 1 aliphatic heterocycles. The molecule has 0 bridgehead atoms. The van der Waals surface area contributed by atoms with E-state index in [9.17, 15) is 4.79 Å². The van der Waals surface area contributed by atoms with Crippen molar-refractivity contribution in [2.75, 3.05) is 19.7 Å². The first kappa shape index (κ1) is 9.48. The number of amides is 1. The Morgan fingerprint density at radius 2 is 2.33 bits per heavy atom. The van der Waals surface area contributed by atoms with Crippen LogP contribution in [0.1, 0.15) is 25.7 Å². The van der Waals surface area contributed by atoms with Crippen LogP contribution in [0.25, 0.3) is 0 Å². The summed E-state index contributed by atoms with van der Waals surface area (Å²) >= 11 is 0. The summed E-state index contributed by atoms with van der Waals surface area (Å²) in [5.41, 5.74) is 5.29. The second kappa shape index (κ2) is 5.11. The molecule has 4 heteroatoms. The molecule has 1 heterocycles. The third kappa shape index (κ3) is 2.79. The average molecular weight is 172 g/mol. The summed E-state index contributed by atoms with van der Waals surface area (Å²) in [4.78, 5) is 16.5. The van der Waals surface area contributed by atoms with Crippen molar-refractivity contribution in [3.63, 3.8) is 0 Å². The fourth-order valence-corrected chi connectivity index (χ4v) is 1.17. The highest BCUT2D eigenvalue weighted by Gasteiger charge is 2.16. The molecule has 1 rings (SSSR count). The van der Waals surface area contributed by atoms with E-state index in [4.69, 9.17) is 10.6 Å². The van der Waals surface area contributed by atoms with E-state index in [1.54, 1.807) is 0 Å². The van der Waals surface area contributed by atoms with Gasteiger partial charge in [-0.25, -0.2) is 5.06 Å². The molecule has 0 aromatic rings. The number of rotatable bonds is 3. The van der Waals surface area contributed by atoms with Crippen LogP contribution in [0.15, 0.2) is 0 Å². The third-order valence-corrected chi connectivity index (χ3v) is 1.88. The number of hydroxylamine groups is 2. The summed E-state index contributed by atoms with van der Waals surface area (Å²) in [5.74, 6) is 0.0696. The Kier molecular flexibility index (Phi) is 4.04. The lowest BCUT2D eigenvalue weighted by molar-refractivity contribution is -0.197. The Morgan fingerprint density at radius 1 is 1.50 bits per heavy atom. The van der Waals surface area contributed by atoms with Gasteiger partial charge in [0.05, 0.1) is 6.61 Å². The molecule has 12 heavy (non-hydrogen) atoms. The fraction of sp³-hybridized carbons (Fsp3) is 0.875. The standard InChI is InChI=1S/C8H16N2O2/c9-5-3-4-8(11)10-6-1-2-7-12-10/h1-7,9H2. The van der Waals surface area contributed by atoms with Crippen molar-refractivity contribution in [1.29, 1.82) is 0 Å². The molecule has 4 nitrogen and oxygen atoms in total. The Balaban J connectivity index is 2.20. The molecule has 1 fully saturated rings. The van der Waals surface area contributed by atoms with Crippen LogP contribution in [0.5, 0.6) is 0 Å². The summed E-state index contributed by atoms with van der Waals surface area (Å²) in [6.45, 7) is 1.98. The Labute approximate surface area is 72.6 Å². The van der Waals surface area contributed by atoms with E-state index < -0.39 is 0 Å². The molecule has 0 atom stereocenters. The summed E-state index contributed by atoms with van der Waals surface area (Å²) in [5, 5.41) is 1.47. The minimum absolute atomic E-state index is 0.0696. The van der Waals surface area contributed by atoms with Crippen LogP contribution in [-0.2, 0) is 9.63 Å². The van der Waals surface area contributed by atoms with Crippen LogP contribution in [0, 0.1) is 0 Å². The first-order valence-electron chi connectivity index (χ1n) is 4.48. The molecule has 70 valence electrons. The second-order valence-corrected chi connectivity index (χ2v) is 2.93. The van der Waals surface area contributed by atoms with Gasteiger partial charge in [0.15, 0.2) is 0 Å². The normalized spacial score (nSPS) is 17.9. The minimum Gasteiger partial charge on any atom is -0.330 e. The van der Waals surface area contributed by atoms with E-state index >= 15 is 0 Å². The second-order valence-electron chi connectivity index (χ2n) is 2.93. The topological polar surface area (TPSA) is 55.6 Å². The predicted octanol–water partition coefficient (Wildman–Crippen LogP) is 0.279. The van der Waals surface area contributed by atoms with E-state index in [1.165, 1.54) is 5.06 Å². The average Bonchev–Trinajstić information content (AvgIpc) is 2.15. The molecule has 0 spiro atoms. The molecule has 0 aromatic carbocycles. The number of carbonyl (C=O) groups is 1. The number of hydrogen-bond acceptors (Lipinski definition) is 3. The summed E-state index contributed by atoms with van der Waals surface area (Å²) < 4.78 is 0. The van der Waals surface area contributed by atoms with Crippen LogP contribution in [0.3, 0.4) is 0 Å². The SMILES string of the molecule is NCCCC(=O)N1CCCCO1. The highest BCUT2D eigenvalue weighted by molar-refractivity contribution is 5.75. The highest BCUT2D eigenvalue weighted by atomic mass is 16.7. The maximum atomic E-state index is 11.3. The van der Waals surface area contributed by atoms with Crippen molar-refractivity contribution in [3.8, 4) is 0 Å². The lowest BCUT2D eigenvalue weighted by Crippen LogP contribution is -2.35. The molecule has 0 aliphatic carbocycles. The zero-order valence-corrected chi connectivity index (χ0v) is 7.29. The van der Waals surface area contributed by atoms with Crippen molar-refractivity contribution in [3.05, 3.63) is 0 Å². The Bertz CT molecular complexity index is 144. The third-order valence-electron chi connectivity index (χ3n) is 1.88. The first-order chi connectivity index (χ1) is 5.84. The lowest BCUT2D eigenvalue weighted by Gasteiger charge is -2.25. The van der Waals surface area contributed by atoms with Gasteiger partial charge in [0.25, 0.3) is 0 Å².